The lowest BCUT2D eigenvalue weighted by molar-refractivity contribution is -0.136. The summed E-state index contributed by atoms with van der Waals surface area (Å²) >= 11 is 5.99. The minimum Gasteiger partial charge on any atom is -0.483 e. The number of amides is 1. The van der Waals surface area contributed by atoms with Crippen LogP contribution in [0.25, 0.3) is 10.8 Å². The molecule has 1 saturated heterocycles. The van der Waals surface area contributed by atoms with Gasteiger partial charge in [-0.2, -0.15) is 0 Å². The summed E-state index contributed by atoms with van der Waals surface area (Å²) in [6.45, 7) is 2.04. The summed E-state index contributed by atoms with van der Waals surface area (Å²) in [5, 5.41) is 2.74. The highest BCUT2D eigenvalue weighted by Gasteiger charge is 2.35. The van der Waals surface area contributed by atoms with Crippen LogP contribution in [-0.2, 0) is 21.2 Å². The van der Waals surface area contributed by atoms with Crippen molar-refractivity contribution >= 4 is 38.1 Å². The average Bonchev–Trinajstić information content (AvgIpc) is 3.10. The van der Waals surface area contributed by atoms with E-state index in [2.05, 4.69) is 0 Å². The van der Waals surface area contributed by atoms with Gasteiger partial charge in [0.2, 0.25) is 0 Å². The van der Waals surface area contributed by atoms with Gasteiger partial charge in [-0.3, -0.25) is 4.79 Å². The van der Waals surface area contributed by atoms with Gasteiger partial charge in [-0.05, 0) is 53.4 Å². The lowest BCUT2D eigenvalue weighted by Crippen LogP contribution is -2.43. The molecule has 1 aliphatic rings. The topological polar surface area (TPSA) is 63.7 Å². The van der Waals surface area contributed by atoms with Crippen LogP contribution in [-0.4, -0.2) is 43.4 Å². The van der Waals surface area contributed by atoms with Gasteiger partial charge in [-0.1, -0.05) is 54.1 Å². The Labute approximate surface area is 187 Å². The number of halogens is 1. The lowest BCUT2D eigenvalue weighted by atomic mass is 10.0. The number of carbonyl (C=O) groups excluding carboxylic acids is 1. The molecule has 1 atom stereocenters. The van der Waals surface area contributed by atoms with Gasteiger partial charge in [-0.25, -0.2) is 8.42 Å². The second-order valence-electron chi connectivity index (χ2n) is 7.92. The summed E-state index contributed by atoms with van der Waals surface area (Å²) in [7, 11) is -3.14. The van der Waals surface area contributed by atoms with E-state index in [1.807, 2.05) is 49.4 Å². The molecule has 0 aliphatic carbocycles. The highest BCUT2D eigenvalue weighted by Crippen LogP contribution is 2.26. The number of sulfone groups is 1. The molecule has 0 saturated carbocycles. The molecule has 1 amide bonds. The molecular formula is C24H24ClNO4S. The quantitative estimate of drug-likeness (QED) is 0.550. The van der Waals surface area contributed by atoms with Crippen LogP contribution in [0, 0.1) is 6.92 Å². The Balaban J connectivity index is 1.58. The van der Waals surface area contributed by atoms with E-state index in [4.69, 9.17) is 16.3 Å². The number of ether oxygens (including phenoxy) is 1. The first kappa shape index (κ1) is 21.7. The predicted molar refractivity (Wildman–Crippen MR) is 123 cm³/mol. The minimum absolute atomic E-state index is 0.0104. The van der Waals surface area contributed by atoms with Gasteiger partial charge in [0.15, 0.2) is 16.4 Å². The SMILES string of the molecule is Cc1cc(Cl)ccc1OCC(=O)N(Cc1cccc2ccccc12)[C@H]1CCS(=O)(=O)C1. The van der Waals surface area contributed by atoms with Crippen LogP contribution in [0.1, 0.15) is 17.5 Å². The Kier molecular flexibility index (Phi) is 6.21. The van der Waals surface area contributed by atoms with Crippen molar-refractivity contribution in [3.63, 3.8) is 0 Å². The Morgan fingerprint density at radius 2 is 1.90 bits per heavy atom. The Bertz CT molecular complexity index is 1220. The molecule has 3 aromatic rings. The van der Waals surface area contributed by atoms with Crippen LogP contribution in [0.3, 0.4) is 0 Å². The normalized spacial score (nSPS) is 17.5. The van der Waals surface area contributed by atoms with Gasteiger partial charge in [0.05, 0.1) is 11.5 Å². The lowest BCUT2D eigenvalue weighted by Gasteiger charge is -2.29. The van der Waals surface area contributed by atoms with Crippen LogP contribution in [0.15, 0.2) is 60.7 Å². The van der Waals surface area contributed by atoms with Crippen LogP contribution < -0.4 is 4.74 Å². The molecule has 1 fully saturated rings. The third-order valence-corrected chi connectivity index (χ3v) is 7.66. The first-order valence-electron chi connectivity index (χ1n) is 10.2. The van der Waals surface area contributed by atoms with E-state index < -0.39 is 9.84 Å². The van der Waals surface area contributed by atoms with Crippen LogP contribution >= 0.6 is 11.6 Å². The zero-order chi connectivity index (χ0) is 22.0. The van der Waals surface area contributed by atoms with E-state index in [9.17, 15) is 13.2 Å². The third-order valence-electron chi connectivity index (χ3n) is 5.68. The summed E-state index contributed by atoms with van der Waals surface area (Å²) < 4.78 is 30.0. The number of nitrogens with zero attached hydrogens (tertiary/aromatic N) is 1. The molecule has 0 bridgehead atoms. The maximum absolute atomic E-state index is 13.2. The van der Waals surface area contributed by atoms with Crippen molar-refractivity contribution < 1.29 is 17.9 Å². The number of fused-ring (bicyclic) bond motifs is 1. The molecule has 0 aromatic heterocycles. The molecule has 0 N–H and O–H groups in total. The third kappa shape index (κ3) is 5.02. The zero-order valence-electron chi connectivity index (χ0n) is 17.3. The first-order valence-corrected chi connectivity index (χ1v) is 12.4. The number of hydrogen-bond acceptors (Lipinski definition) is 4. The maximum Gasteiger partial charge on any atom is 0.261 e. The Morgan fingerprint density at radius 3 is 2.65 bits per heavy atom. The molecular weight excluding hydrogens is 434 g/mol. The predicted octanol–water partition coefficient (Wildman–Crippen LogP) is 4.40. The number of hydrogen-bond donors (Lipinski definition) is 0. The second-order valence-corrected chi connectivity index (χ2v) is 10.6. The number of benzene rings is 3. The van der Waals surface area contributed by atoms with Crippen molar-refractivity contribution in [1.29, 1.82) is 0 Å². The highest BCUT2D eigenvalue weighted by atomic mass is 35.5. The van der Waals surface area contributed by atoms with Gasteiger partial charge in [-0.15, -0.1) is 0 Å². The largest absolute Gasteiger partial charge is 0.483 e. The fourth-order valence-corrected chi connectivity index (χ4v) is 6.01. The van der Waals surface area contributed by atoms with Crippen molar-refractivity contribution in [2.75, 3.05) is 18.1 Å². The molecule has 162 valence electrons. The van der Waals surface area contributed by atoms with E-state index in [0.29, 0.717) is 23.7 Å². The minimum atomic E-state index is -3.14. The van der Waals surface area contributed by atoms with Gasteiger partial charge in [0, 0.05) is 17.6 Å². The number of carbonyl (C=O) groups is 1. The molecule has 3 aromatic carbocycles. The fourth-order valence-electron chi connectivity index (χ4n) is 4.05. The van der Waals surface area contributed by atoms with Gasteiger partial charge in [0.1, 0.15) is 5.75 Å². The summed E-state index contributed by atoms with van der Waals surface area (Å²) in [4.78, 5) is 14.9. The van der Waals surface area contributed by atoms with Gasteiger partial charge in [0.25, 0.3) is 5.91 Å². The summed E-state index contributed by atoms with van der Waals surface area (Å²) in [6.07, 6.45) is 0.443. The monoisotopic (exact) mass is 457 g/mol. The van der Waals surface area contributed by atoms with Crippen LogP contribution in [0.4, 0.5) is 0 Å². The maximum atomic E-state index is 13.2. The van der Waals surface area contributed by atoms with E-state index in [1.54, 1.807) is 23.1 Å². The zero-order valence-corrected chi connectivity index (χ0v) is 18.8. The molecule has 0 radical (unpaired) electrons. The van der Waals surface area contributed by atoms with Crippen LogP contribution in [0.2, 0.25) is 5.02 Å². The van der Waals surface area contributed by atoms with Crippen molar-refractivity contribution in [3.8, 4) is 5.75 Å². The molecule has 7 heteroatoms. The Hall–Kier alpha value is -2.57. The van der Waals surface area contributed by atoms with Gasteiger partial charge < -0.3 is 9.64 Å². The van der Waals surface area contributed by atoms with E-state index in [1.165, 1.54) is 0 Å². The number of rotatable bonds is 6. The van der Waals surface area contributed by atoms with E-state index >= 15 is 0 Å². The summed E-state index contributed by atoms with van der Waals surface area (Å²) in [5.74, 6) is 0.448. The molecule has 5 nitrogen and oxygen atoms in total. The average molecular weight is 458 g/mol. The highest BCUT2D eigenvalue weighted by molar-refractivity contribution is 7.91. The molecule has 0 unspecified atom stereocenters. The summed E-state index contributed by atoms with van der Waals surface area (Å²) in [5.41, 5.74) is 1.82. The molecule has 4 rings (SSSR count). The smallest absolute Gasteiger partial charge is 0.261 e. The van der Waals surface area contributed by atoms with Crippen molar-refractivity contribution in [2.45, 2.75) is 25.9 Å². The van der Waals surface area contributed by atoms with Crippen LogP contribution in [0.5, 0.6) is 5.75 Å². The first-order chi connectivity index (χ1) is 14.8. The fraction of sp³-hybridized carbons (Fsp3) is 0.292. The standard InChI is InChI=1S/C24H24ClNO4S/c1-17-13-20(25)9-10-23(17)30-15-24(27)26(21-11-12-31(28,29)16-21)14-19-7-4-6-18-5-2-3-8-22(18)19/h2-10,13,21H,11-12,14-16H2,1H3/t21-/m0/s1. The molecule has 0 spiro atoms. The van der Waals surface area contributed by atoms with Crippen molar-refractivity contribution in [1.82, 2.24) is 4.90 Å². The molecule has 1 aliphatic heterocycles. The van der Waals surface area contributed by atoms with Crippen molar-refractivity contribution in [2.24, 2.45) is 0 Å². The number of aryl methyl sites for hydroxylation is 1. The van der Waals surface area contributed by atoms with E-state index in [0.717, 1.165) is 21.9 Å². The van der Waals surface area contributed by atoms with E-state index in [-0.39, 0.29) is 30.1 Å². The molecule has 1 heterocycles. The second kappa shape index (κ2) is 8.89. The van der Waals surface area contributed by atoms with Gasteiger partial charge >= 0.3 is 0 Å². The molecule has 31 heavy (non-hydrogen) atoms. The van der Waals surface area contributed by atoms with Crippen molar-refractivity contribution in [3.05, 3.63) is 76.8 Å². The summed E-state index contributed by atoms with van der Waals surface area (Å²) in [6, 6.07) is 18.8. The Morgan fingerprint density at radius 1 is 1.13 bits per heavy atom.